The van der Waals surface area contributed by atoms with Crippen molar-refractivity contribution in [1.29, 1.82) is 0 Å². The van der Waals surface area contributed by atoms with Crippen LogP contribution >= 0.6 is 15.9 Å². The molecule has 378 valence electrons. The number of carboxylic acid groups (broad SMARTS) is 1. The molecule has 2 aliphatic rings. The number of rotatable bonds is 24. The number of nitrogens with one attached hydrogen (secondary N) is 2. The number of nitrogens with zero attached hydrogens (tertiary/aromatic N) is 3. The van der Waals surface area contributed by atoms with Crippen molar-refractivity contribution in [3.8, 4) is 0 Å². The number of fused-ring (bicyclic) bond motifs is 2. The van der Waals surface area contributed by atoms with Gasteiger partial charge >= 0.3 is 11.8 Å². The van der Waals surface area contributed by atoms with Gasteiger partial charge in [-0.2, -0.15) is 0 Å². The zero-order valence-corrected chi connectivity index (χ0v) is 44.8. The molecule has 0 radical (unpaired) electrons. The van der Waals surface area contributed by atoms with Gasteiger partial charge in [0.15, 0.2) is 5.71 Å². The third kappa shape index (κ3) is 18.8. The number of aryl methyl sites for hydroxylation is 1. The Labute approximate surface area is 409 Å². The Kier molecular flexibility index (Phi) is 24.2. The van der Waals surface area contributed by atoms with E-state index in [2.05, 4.69) is 57.5 Å². The lowest BCUT2D eigenvalue weighted by atomic mass is 9.77. The Morgan fingerprint density at radius 1 is 0.776 bits per heavy atom. The first-order valence-corrected chi connectivity index (χ1v) is 28.6. The average molecular weight is 1060 g/mol. The van der Waals surface area contributed by atoms with E-state index in [1.165, 1.54) is 57.5 Å². The van der Waals surface area contributed by atoms with Gasteiger partial charge < -0.3 is 33.5 Å². The summed E-state index contributed by atoms with van der Waals surface area (Å²) in [6, 6.07) is 5.97. The summed E-state index contributed by atoms with van der Waals surface area (Å²) in [5.74, 6) is -1.38. The van der Waals surface area contributed by atoms with E-state index in [4.69, 9.17) is 10.1 Å². The van der Waals surface area contributed by atoms with E-state index in [1.54, 1.807) is 34.2 Å². The minimum absolute atomic E-state index is 0.00432. The van der Waals surface area contributed by atoms with Gasteiger partial charge in [0, 0.05) is 41.3 Å². The van der Waals surface area contributed by atoms with E-state index in [-0.39, 0.29) is 32.4 Å². The predicted octanol–water partition coefficient (Wildman–Crippen LogP) is 4.55. The molecule has 1 atom stereocenters. The molecule has 20 heteroatoms. The molecule has 3 heterocycles. The van der Waals surface area contributed by atoms with Gasteiger partial charge in [0.05, 0.1) is 86.4 Å². The highest BCUT2D eigenvalue weighted by atomic mass is 79.9. The Morgan fingerprint density at radius 2 is 1.34 bits per heavy atom. The van der Waals surface area contributed by atoms with Crippen LogP contribution in [0.1, 0.15) is 118 Å². The summed E-state index contributed by atoms with van der Waals surface area (Å²) in [4.78, 5) is 20.7. The fraction of sp³-hybridized carbons (Fsp3) is 0.596. The SMILES string of the molecule is CC1(C)C(/C=C/C=C/C=C2\N(CCCS(=O)(=O)[O-])c3ccc(S(=O)(=O)[O-])cc3C2(C)CCCCCC(=O)O)=Nc2c1cc(Br)c[n+]2CCCS(=O)(=O)[O-].CC[NH+](CC)CC.CC[NH+](CC)CC. The van der Waals surface area contributed by atoms with E-state index in [0.29, 0.717) is 48.4 Å². The monoisotopic (exact) mass is 1060 g/mol. The highest BCUT2D eigenvalue weighted by Crippen LogP contribution is 2.51. The second kappa shape index (κ2) is 27.2. The number of aliphatic carboxylic acids is 1. The molecule has 4 rings (SSSR count). The van der Waals surface area contributed by atoms with E-state index >= 15 is 0 Å². The van der Waals surface area contributed by atoms with Gasteiger partial charge in [0.2, 0.25) is 0 Å². The summed E-state index contributed by atoms with van der Waals surface area (Å²) in [6.07, 6.45) is 12.9. The zero-order chi connectivity index (χ0) is 50.8. The maximum Gasteiger partial charge on any atom is 0.327 e. The van der Waals surface area contributed by atoms with Crippen LogP contribution in [0.2, 0.25) is 0 Å². The number of quaternary nitrogens is 2. The smallest absolute Gasteiger partial charge is 0.327 e. The molecular weight excluding hydrogens is 987 g/mol. The molecule has 0 fully saturated rings. The minimum atomic E-state index is -4.81. The molecule has 2 aromatic rings. The fourth-order valence-corrected chi connectivity index (χ4v) is 10.2. The zero-order valence-electron chi connectivity index (χ0n) is 40.8. The van der Waals surface area contributed by atoms with E-state index in [0.717, 1.165) is 15.7 Å². The number of allylic oxidation sites excluding steroid dienone is 6. The van der Waals surface area contributed by atoms with Crippen LogP contribution in [-0.4, -0.2) is 113 Å². The van der Waals surface area contributed by atoms with Gasteiger partial charge in [0.1, 0.15) is 16.3 Å². The quantitative estimate of drug-likeness (QED) is 0.0569. The van der Waals surface area contributed by atoms with Gasteiger partial charge in [0.25, 0.3) is 0 Å². The molecule has 16 nitrogen and oxygen atoms in total. The Bertz CT molecular complexity index is 2390. The molecule has 1 aromatic heterocycles. The highest BCUT2D eigenvalue weighted by molar-refractivity contribution is 9.10. The number of hydrogen-bond acceptors (Lipinski definition) is 12. The third-order valence-electron chi connectivity index (χ3n) is 12.5. The number of aromatic nitrogens is 1. The van der Waals surface area contributed by atoms with Gasteiger partial charge in [-0.3, -0.25) is 4.79 Å². The van der Waals surface area contributed by atoms with E-state index < -0.39 is 63.6 Å². The second-order valence-electron chi connectivity index (χ2n) is 17.4. The maximum atomic E-state index is 12.0. The number of benzene rings is 1. The topological polar surface area (TPSA) is 237 Å². The summed E-state index contributed by atoms with van der Waals surface area (Å²) in [5.41, 5.74) is 2.01. The van der Waals surface area contributed by atoms with Crippen LogP contribution in [0.5, 0.6) is 0 Å². The Morgan fingerprint density at radius 3 is 1.85 bits per heavy atom. The molecule has 1 aromatic carbocycles. The maximum absolute atomic E-state index is 12.0. The van der Waals surface area contributed by atoms with Crippen molar-refractivity contribution in [1.82, 2.24) is 0 Å². The van der Waals surface area contributed by atoms with Crippen molar-refractivity contribution < 1.29 is 63.2 Å². The number of pyridine rings is 1. The fourth-order valence-electron chi connectivity index (χ4n) is 8.29. The van der Waals surface area contributed by atoms with Crippen molar-refractivity contribution >= 4 is 69.5 Å². The predicted molar refractivity (Wildman–Crippen MR) is 264 cm³/mol. The minimum Gasteiger partial charge on any atom is -0.748 e. The molecule has 0 saturated heterocycles. The molecule has 1 unspecified atom stereocenters. The molecule has 3 N–H and O–H groups in total. The van der Waals surface area contributed by atoms with Crippen molar-refractivity contribution in [2.75, 3.05) is 62.2 Å². The number of hydrogen-bond donors (Lipinski definition) is 3. The summed E-state index contributed by atoms with van der Waals surface area (Å²) >= 11 is 3.51. The summed E-state index contributed by atoms with van der Waals surface area (Å²) in [6.45, 7) is 27.2. The molecule has 0 bridgehead atoms. The van der Waals surface area contributed by atoms with Gasteiger partial charge in [-0.1, -0.05) is 31.1 Å². The molecule has 0 amide bonds. The number of halogens is 1. The average Bonchev–Trinajstić information content (AvgIpc) is 3.62. The summed E-state index contributed by atoms with van der Waals surface area (Å²) in [7, 11) is -13.7. The molecule has 0 saturated carbocycles. The number of unbranched alkanes of at least 4 members (excludes halogenated alkanes) is 2. The van der Waals surface area contributed by atoms with Gasteiger partial charge in [-0.05, 0) is 151 Å². The standard InChI is InChI=1S/C35H44BrN3O11S3.2C6H15N/c1-34(2)28-22-25(36)24-38(18-10-20-51(42,43)44)33(28)37-30(34)12-6-4-7-13-31-35(3,17-9-5-8-14-32(40)41)27-23-26(53(48,49)50)15-16-29(27)39(31)19-11-21-52(45,46)47;2*1-4-7(5-2)6-3/h4,6-7,12-13,15-16,22-24H,5,8-11,14,17-21H2,1-3H3,(H3-,40,41,42,43,44,45,46,47,48,49,50);2*4-6H2,1-3H3. The second-order valence-corrected chi connectivity index (χ2v) is 22.8. The van der Waals surface area contributed by atoms with Crippen LogP contribution in [0.25, 0.3) is 0 Å². The Hall–Kier alpha value is -3.34. The molecule has 0 spiro atoms. The third-order valence-corrected chi connectivity index (χ3v) is 15.3. The number of anilines is 1. The number of aliphatic imine (C=N–C) groups is 1. The first-order chi connectivity index (χ1) is 31.2. The van der Waals surface area contributed by atoms with E-state index in [1.807, 2.05) is 48.5 Å². The van der Waals surface area contributed by atoms with Crippen LogP contribution in [-0.2, 0) is 52.5 Å². The molecule has 67 heavy (non-hydrogen) atoms. The van der Waals surface area contributed by atoms with Crippen LogP contribution < -0.4 is 19.3 Å². The van der Waals surface area contributed by atoms with Crippen LogP contribution in [0, 0.1) is 0 Å². The van der Waals surface area contributed by atoms with Crippen LogP contribution in [0.4, 0.5) is 11.5 Å². The van der Waals surface area contributed by atoms with E-state index in [9.17, 15) is 43.7 Å². The van der Waals surface area contributed by atoms with Gasteiger partial charge in [-0.25, -0.2) is 29.8 Å². The summed E-state index contributed by atoms with van der Waals surface area (Å²) < 4.78 is 107. The molecular formula is C47H74BrN5O11S3. The van der Waals surface area contributed by atoms with Crippen molar-refractivity contribution in [2.24, 2.45) is 4.99 Å². The lowest BCUT2D eigenvalue weighted by molar-refractivity contribution is -0.894. The lowest BCUT2D eigenvalue weighted by Crippen LogP contribution is -3.11. The highest BCUT2D eigenvalue weighted by Gasteiger charge is 2.44. The van der Waals surface area contributed by atoms with Crippen molar-refractivity contribution in [3.63, 3.8) is 0 Å². The normalized spacial score (nSPS) is 17.4. The van der Waals surface area contributed by atoms with Crippen LogP contribution in [0.3, 0.4) is 0 Å². The van der Waals surface area contributed by atoms with Crippen molar-refractivity contribution in [3.05, 3.63) is 82.1 Å². The summed E-state index contributed by atoms with van der Waals surface area (Å²) in [5, 5.41) is 9.07. The lowest BCUT2D eigenvalue weighted by Gasteiger charge is -2.31. The number of carbonyl (C=O) groups is 1. The molecule has 0 aliphatic carbocycles. The Balaban J connectivity index is 0.000000952. The first kappa shape index (κ1) is 59.8. The largest absolute Gasteiger partial charge is 0.748 e. The van der Waals surface area contributed by atoms with Gasteiger partial charge in [-0.15, -0.1) is 0 Å². The first-order valence-electron chi connectivity index (χ1n) is 23.2. The molecule has 2 aliphatic heterocycles. The number of carboxylic acids is 1. The van der Waals surface area contributed by atoms with Crippen molar-refractivity contribution in [2.45, 2.75) is 130 Å². The van der Waals surface area contributed by atoms with Crippen LogP contribution in [0.15, 0.2) is 80.9 Å².